The first-order valence-corrected chi connectivity index (χ1v) is 4.15. The van der Waals surface area contributed by atoms with Gasteiger partial charge in [-0.15, -0.1) is 0 Å². The quantitative estimate of drug-likeness (QED) is 0.663. The van der Waals surface area contributed by atoms with Gasteiger partial charge in [0.2, 0.25) is 0 Å². The van der Waals surface area contributed by atoms with E-state index in [1.54, 1.807) is 0 Å². The minimum absolute atomic E-state index is 0.00645. The van der Waals surface area contributed by atoms with E-state index in [0.29, 0.717) is 11.1 Å². The van der Waals surface area contributed by atoms with Crippen LogP contribution in [0.5, 0.6) is 0 Å². The van der Waals surface area contributed by atoms with E-state index in [4.69, 9.17) is 15.3 Å². The highest BCUT2D eigenvalue weighted by atomic mass is 16.4. The number of aromatic nitrogens is 1. The number of carbonyl (C=O) groups is 1. The summed E-state index contributed by atoms with van der Waals surface area (Å²) in [6.45, 7) is 0. The van der Waals surface area contributed by atoms with E-state index in [-0.39, 0.29) is 11.6 Å². The summed E-state index contributed by atoms with van der Waals surface area (Å²) < 4.78 is 5.00. The molecule has 0 bridgehead atoms. The average Bonchev–Trinajstić information content (AvgIpc) is 2.55. The highest BCUT2D eigenvalue weighted by molar-refractivity contribution is 5.79. The number of carboxylic acid groups (broad SMARTS) is 1. The molecule has 0 amide bonds. The second-order valence-corrected chi connectivity index (χ2v) is 3.02. The van der Waals surface area contributed by atoms with Gasteiger partial charge < -0.3 is 20.4 Å². The molecule has 15 heavy (non-hydrogen) atoms. The van der Waals surface area contributed by atoms with Crippen LogP contribution in [0.25, 0.3) is 11.1 Å². The zero-order valence-electron chi connectivity index (χ0n) is 7.54. The third kappa shape index (κ3) is 1.62. The molecule has 1 heterocycles. The van der Waals surface area contributed by atoms with Gasteiger partial charge in [-0.3, -0.25) is 0 Å². The number of fused-ring (bicyclic) bond motifs is 1. The molecule has 6 heteroatoms. The molecular formula is C9H8N2O4. The summed E-state index contributed by atoms with van der Waals surface area (Å²) in [5.74, 6) is -1.31. The minimum atomic E-state index is -1.56. The maximum atomic E-state index is 10.5. The largest absolute Gasteiger partial charge is 0.479 e. The summed E-state index contributed by atoms with van der Waals surface area (Å²) in [7, 11) is 0. The van der Waals surface area contributed by atoms with E-state index in [9.17, 15) is 9.90 Å². The monoisotopic (exact) mass is 208 g/mol. The number of oxazole rings is 1. The Hall–Kier alpha value is -2.08. The van der Waals surface area contributed by atoms with E-state index in [2.05, 4.69) is 4.98 Å². The van der Waals surface area contributed by atoms with Crippen molar-refractivity contribution in [1.29, 1.82) is 0 Å². The fourth-order valence-corrected chi connectivity index (χ4v) is 1.27. The summed E-state index contributed by atoms with van der Waals surface area (Å²) in [6.07, 6.45) is -1.56. The average molecular weight is 208 g/mol. The number of nitrogens with zero attached hydrogens (tertiary/aromatic N) is 1. The number of hydrogen-bond acceptors (Lipinski definition) is 5. The zero-order valence-corrected chi connectivity index (χ0v) is 7.54. The van der Waals surface area contributed by atoms with Crippen LogP contribution in [0, 0.1) is 0 Å². The van der Waals surface area contributed by atoms with Crippen LogP contribution in [0.3, 0.4) is 0 Å². The molecule has 4 N–H and O–H groups in total. The number of aliphatic carboxylic acids is 1. The molecule has 0 fully saturated rings. The van der Waals surface area contributed by atoms with Crippen molar-refractivity contribution in [2.75, 3.05) is 5.73 Å². The molecule has 2 aromatic rings. The SMILES string of the molecule is Nc1nc2cc(C(O)C(=O)O)ccc2o1. The highest BCUT2D eigenvalue weighted by Crippen LogP contribution is 2.21. The van der Waals surface area contributed by atoms with Gasteiger partial charge in [-0.25, -0.2) is 4.79 Å². The topological polar surface area (TPSA) is 110 Å². The van der Waals surface area contributed by atoms with Gasteiger partial charge in [-0.2, -0.15) is 4.98 Å². The molecule has 0 aliphatic carbocycles. The summed E-state index contributed by atoms with van der Waals surface area (Å²) >= 11 is 0. The van der Waals surface area contributed by atoms with Crippen molar-refractivity contribution in [2.24, 2.45) is 0 Å². The lowest BCUT2D eigenvalue weighted by Crippen LogP contribution is -2.10. The van der Waals surface area contributed by atoms with Gasteiger partial charge in [-0.1, -0.05) is 6.07 Å². The van der Waals surface area contributed by atoms with Crippen molar-refractivity contribution in [3.05, 3.63) is 23.8 Å². The number of aliphatic hydroxyl groups excluding tert-OH is 1. The highest BCUT2D eigenvalue weighted by Gasteiger charge is 2.17. The molecule has 1 aromatic heterocycles. The van der Waals surface area contributed by atoms with Crippen molar-refractivity contribution >= 4 is 23.1 Å². The lowest BCUT2D eigenvalue weighted by Gasteiger charge is -2.03. The smallest absolute Gasteiger partial charge is 0.337 e. The van der Waals surface area contributed by atoms with Gasteiger partial charge >= 0.3 is 5.97 Å². The van der Waals surface area contributed by atoms with E-state index in [1.807, 2.05) is 0 Å². The number of carboxylic acids is 1. The maximum absolute atomic E-state index is 10.5. The van der Waals surface area contributed by atoms with Gasteiger partial charge in [0.15, 0.2) is 11.7 Å². The number of aliphatic hydroxyl groups is 1. The summed E-state index contributed by atoms with van der Waals surface area (Å²) in [5, 5.41) is 17.9. The fraction of sp³-hybridized carbons (Fsp3) is 0.111. The van der Waals surface area contributed by atoms with Crippen molar-refractivity contribution in [2.45, 2.75) is 6.10 Å². The lowest BCUT2D eigenvalue weighted by molar-refractivity contribution is -0.146. The van der Waals surface area contributed by atoms with Gasteiger partial charge in [0.1, 0.15) is 5.52 Å². The Morgan fingerprint density at radius 3 is 2.93 bits per heavy atom. The van der Waals surface area contributed by atoms with Crippen LogP contribution < -0.4 is 5.73 Å². The molecule has 0 aliphatic heterocycles. The standard InChI is InChI=1S/C9H8N2O4/c10-9-11-5-3-4(7(12)8(13)14)1-2-6(5)15-9/h1-3,7,12H,(H2,10,11)(H,13,14). The summed E-state index contributed by atoms with van der Waals surface area (Å²) in [5.41, 5.74) is 6.43. The molecule has 6 nitrogen and oxygen atoms in total. The molecule has 0 saturated heterocycles. The van der Waals surface area contributed by atoms with Crippen molar-refractivity contribution in [3.8, 4) is 0 Å². The first kappa shape index (κ1) is 9.47. The Labute approximate surface area is 83.9 Å². The molecule has 0 radical (unpaired) electrons. The van der Waals surface area contributed by atoms with Crippen LogP contribution in [0.1, 0.15) is 11.7 Å². The second kappa shape index (κ2) is 3.25. The van der Waals surface area contributed by atoms with Crippen LogP contribution in [0.15, 0.2) is 22.6 Å². The Kier molecular flexibility index (Phi) is 2.05. The third-order valence-electron chi connectivity index (χ3n) is 1.98. The molecule has 2 rings (SSSR count). The Bertz CT molecular complexity index is 520. The molecule has 0 spiro atoms. The zero-order chi connectivity index (χ0) is 11.0. The molecule has 0 aliphatic rings. The van der Waals surface area contributed by atoms with Crippen LogP contribution in [0.4, 0.5) is 6.01 Å². The number of nitrogen functional groups attached to an aromatic ring is 1. The minimum Gasteiger partial charge on any atom is -0.479 e. The van der Waals surface area contributed by atoms with Crippen molar-refractivity contribution in [3.63, 3.8) is 0 Å². The van der Waals surface area contributed by atoms with Gasteiger partial charge in [0.25, 0.3) is 6.01 Å². The Morgan fingerprint density at radius 1 is 1.53 bits per heavy atom. The number of anilines is 1. The van der Waals surface area contributed by atoms with Crippen LogP contribution in [-0.4, -0.2) is 21.2 Å². The predicted molar refractivity (Wildman–Crippen MR) is 51.0 cm³/mol. The Balaban J connectivity index is 2.50. The van der Waals surface area contributed by atoms with Crippen molar-refractivity contribution in [1.82, 2.24) is 4.98 Å². The Morgan fingerprint density at radius 2 is 2.27 bits per heavy atom. The van der Waals surface area contributed by atoms with Crippen molar-refractivity contribution < 1.29 is 19.4 Å². The first-order chi connectivity index (χ1) is 7.08. The second-order valence-electron chi connectivity index (χ2n) is 3.02. The normalized spacial score (nSPS) is 12.9. The van der Waals surface area contributed by atoms with Crippen LogP contribution in [-0.2, 0) is 4.79 Å². The first-order valence-electron chi connectivity index (χ1n) is 4.15. The third-order valence-corrected chi connectivity index (χ3v) is 1.98. The van der Waals surface area contributed by atoms with Gasteiger partial charge in [-0.05, 0) is 17.7 Å². The maximum Gasteiger partial charge on any atom is 0.337 e. The fourth-order valence-electron chi connectivity index (χ4n) is 1.27. The van der Waals surface area contributed by atoms with E-state index in [1.165, 1.54) is 18.2 Å². The van der Waals surface area contributed by atoms with E-state index in [0.717, 1.165) is 0 Å². The number of benzene rings is 1. The number of hydrogen-bond donors (Lipinski definition) is 3. The molecular weight excluding hydrogens is 200 g/mol. The van der Waals surface area contributed by atoms with Crippen LogP contribution in [0.2, 0.25) is 0 Å². The molecule has 78 valence electrons. The predicted octanol–water partition coefficient (Wildman–Crippen LogP) is 0.528. The summed E-state index contributed by atoms with van der Waals surface area (Å²) in [4.78, 5) is 14.3. The molecule has 1 unspecified atom stereocenters. The van der Waals surface area contributed by atoms with Gasteiger partial charge in [0, 0.05) is 0 Å². The lowest BCUT2D eigenvalue weighted by atomic mass is 10.1. The molecule has 0 saturated carbocycles. The summed E-state index contributed by atoms with van der Waals surface area (Å²) in [6, 6.07) is 4.40. The molecule has 1 aromatic carbocycles. The van der Waals surface area contributed by atoms with Crippen LogP contribution >= 0.6 is 0 Å². The van der Waals surface area contributed by atoms with Gasteiger partial charge in [0.05, 0.1) is 0 Å². The number of nitrogens with two attached hydrogens (primary N) is 1. The molecule has 1 atom stereocenters. The van der Waals surface area contributed by atoms with E-state index >= 15 is 0 Å². The van der Waals surface area contributed by atoms with E-state index < -0.39 is 12.1 Å². The number of rotatable bonds is 2.